The number of nitrogen functional groups attached to an aromatic ring is 1. The summed E-state index contributed by atoms with van der Waals surface area (Å²) in [5.41, 5.74) is 7.84. The second-order valence-electron chi connectivity index (χ2n) is 5.48. The monoisotopic (exact) mass is 277 g/mol. The summed E-state index contributed by atoms with van der Waals surface area (Å²) in [7, 11) is 3.82. The Bertz CT molecular complexity index is 482. The van der Waals surface area contributed by atoms with Gasteiger partial charge in [-0.1, -0.05) is 0 Å². The van der Waals surface area contributed by atoms with Crippen LogP contribution < -0.4 is 16.0 Å². The third-order valence-electron chi connectivity index (χ3n) is 3.63. The zero-order valence-electron chi connectivity index (χ0n) is 12.3. The molecule has 0 aromatic heterocycles. The SMILES string of the molecule is CC(NC(=O)c1cc(N)ccc1N(C)C)C1CCCO1. The number of anilines is 2. The Balaban J connectivity index is 2.13. The Labute approximate surface area is 120 Å². The lowest BCUT2D eigenvalue weighted by Gasteiger charge is -2.22. The molecule has 1 aliphatic heterocycles. The standard InChI is InChI=1S/C15H23N3O2/c1-10(14-5-4-8-20-14)17-15(19)12-9-11(16)6-7-13(12)18(2)3/h6-7,9-10,14H,4-5,8,16H2,1-3H3,(H,17,19). The van der Waals surface area contributed by atoms with E-state index < -0.39 is 0 Å². The molecule has 0 spiro atoms. The third-order valence-corrected chi connectivity index (χ3v) is 3.63. The van der Waals surface area contributed by atoms with Crippen LogP contribution >= 0.6 is 0 Å². The van der Waals surface area contributed by atoms with Crippen LogP contribution in [0.4, 0.5) is 11.4 Å². The van der Waals surface area contributed by atoms with Crippen molar-refractivity contribution in [3.63, 3.8) is 0 Å². The predicted molar refractivity (Wildman–Crippen MR) is 81.1 cm³/mol. The van der Waals surface area contributed by atoms with Gasteiger partial charge in [-0.05, 0) is 38.0 Å². The summed E-state index contributed by atoms with van der Waals surface area (Å²) >= 11 is 0. The van der Waals surface area contributed by atoms with Crippen LogP contribution in [0.3, 0.4) is 0 Å². The van der Waals surface area contributed by atoms with E-state index in [1.54, 1.807) is 12.1 Å². The molecule has 0 aliphatic carbocycles. The van der Waals surface area contributed by atoms with Crippen LogP contribution in [0, 0.1) is 0 Å². The fourth-order valence-corrected chi connectivity index (χ4v) is 2.50. The fourth-order valence-electron chi connectivity index (χ4n) is 2.50. The van der Waals surface area contributed by atoms with Crippen molar-refractivity contribution in [2.45, 2.75) is 31.9 Å². The molecule has 2 unspecified atom stereocenters. The Morgan fingerprint density at radius 2 is 2.25 bits per heavy atom. The summed E-state index contributed by atoms with van der Waals surface area (Å²) in [5, 5.41) is 3.01. The van der Waals surface area contributed by atoms with E-state index in [-0.39, 0.29) is 18.1 Å². The van der Waals surface area contributed by atoms with E-state index in [0.717, 1.165) is 25.1 Å². The first kappa shape index (κ1) is 14.7. The van der Waals surface area contributed by atoms with Crippen molar-refractivity contribution in [3.05, 3.63) is 23.8 Å². The minimum atomic E-state index is -0.107. The van der Waals surface area contributed by atoms with E-state index in [0.29, 0.717) is 11.3 Å². The number of carbonyl (C=O) groups is 1. The number of hydrogen-bond donors (Lipinski definition) is 2. The first-order chi connectivity index (χ1) is 9.49. The minimum Gasteiger partial charge on any atom is -0.399 e. The van der Waals surface area contributed by atoms with Crippen LogP contribution in [-0.2, 0) is 4.74 Å². The lowest BCUT2D eigenvalue weighted by atomic mass is 10.1. The van der Waals surface area contributed by atoms with Crippen molar-refractivity contribution in [1.82, 2.24) is 5.32 Å². The van der Waals surface area contributed by atoms with Gasteiger partial charge in [-0.25, -0.2) is 0 Å². The summed E-state index contributed by atoms with van der Waals surface area (Å²) in [5.74, 6) is -0.107. The molecule has 1 saturated heterocycles. The molecular weight excluding hydrogens is 254 g/mol. The molecule has 5 heteroatoms. The molecule has 0 radical (unpaired) electrons. The van der Waals surface area contributed by atoms with Crippen LogP contribution in [0.5, 0.6) is 0 Å². The van der Waals surface area contributed by atoms with Crippen molar-refractivity contribution in [3.8, 4) is 0 Å². The third kappa shape index (κ3) is 3.22. The van der Waals surface area contributed by atoms with Crippen LogP contribution in [0.1, 0.15) is 30.1 Å². The van der Waals surface area contributed by atoms with E-state index in [4.69, 9.17) is 10.5 Å². The smallest absolute Gasteiger partial charge is 0.253 e. The molecule has 1 aliphatic rings. The van der Waals surface area contributed by atoms with Crippen LogP contribution in [-0.4, -0.2) is 38.8 Å². The predicted octanol–water partition coefficient (Wildman–Crippen LogP) is 1.63. The molecule has 0 bridgehead atoms. The van der Waals surface area contributed by atoms with Gasteiger partial charge in [0.25, 0.3) is 5.91 Å². The van der Waals surface area contributed by atoms with Gasteiger partial charge in [0.1, 0.15) is 0 Å². The lowest BCUT2D eigenvalue weighted by Crippen LogP contribution is -2.41. The van der Waals surface area contributed by atoms with E-state index in [1.165, 1.54) is 0 Å². The molecule has 110 valence electrons. The van der Waals surface area contributed by atoms with Crippen molar-refractivity contribution in [2.75, 3.05) is 31.3 Å². The number of nitrogens with two attached hydrogens (primary N) is 1. The van der Waals surface area contributed by atoms with Gasteiger partial charge in [-0.2, -0.15) is 0 Å². The summed E-state index contributed by atoms with van der Waals surface area (Å²) in [4.78, 5) is 14.3. The molecule has 5 nitrogen and oxygen atoms in total. The molecule has 2 atom stereocenters. The fraction of sp³-hybridized carbons (Fsp3) is 0.533. The molecule has 2 rings (SSSR count). The van der Waals surface area contributed by atoms with E-state index >= 15 is 0 Å². The van der Waals surface area contributed by atoms with Gasteiger partial charge in [0.05, 0.1) is 17.7 Å². The largest absolute Gasteiger partial charge is 0.399 e. The summed E-state index contributed by atoms with van der Waals surface area (Å²) < 4.78 is 5.60. The summed E-state index contributed by atoms with van der Waals surface area (Å²) in [6, 6.07) is 5.38. The number of nitrogens with zero attached hydrogens (tertiary/aromatic N) is 1. The quantitative estimate of drug-likeness (QED) is 0.821. The number of ether oxygens (including phenoxy) is 1. The topological polar surface area (TPSA) is 67.6 Å². The molecule has 1 aromatic carbocycles. The Morgan fingerprint density at radius 3 is 2.85 bits per heavy atom. The highest BCUT2D eigenvalue weighted by Crippen LogP contribution is 2.22. The molecule has 20 heavy (non-hydrogen) atoms. The highest BCUT2D eigenvalue weighted by Gasteiger charge is 2.25. The normalized spacial score (nSPS) is 19.6. The number of nitrogens with one attached hydrogen (secondary N) is 1. The molecule has 0 saturated carbocycles. The van der Waals surface area contributed by atoms with Crippen LogP contribution in [0.2, 0.25) is 0 Å². The Kier molecular flexibility index (Phi) is 4.49. The van der Waals surface area contributed by atoms with E-state index in [1.807, 2.05) is 32.0 Å². The molecule has 1 heterocycles. The highest BCUT2D eigenvalue weighted by molar-refractivity contribution is 6.00. The van der Waals surface area contributed by atoms with Gasteiger partial charge in [-0.15, -0.1) is 0 Å². The number of hydrogen-bond acceptors (Lipinski definition) is 4. The molecule has 3 N–H and O–H groups in total. The second kappa shape index (κ2) is 6.13. The van der Waals surface area contributed by atoms with Gasteiger partial charge in [0.2, 0.25) is 0 Å². The maximum atomic E-state index is 12.4. The van der Waals surface area contributed by atoms with Gasteiger partial charge < -0.3 is 20.7 Å². The maximum Gasteiger partial charge on any atom is 0.253 e. The molecular formula is C15H23N3O2. The van der Waals surface area contributed by atoms with Crippen LogP contribution in [0.15, 0.2) is 18.2 Å². The van der Waals surface area contributed by atoms with Crippen molar-refractivity contribution >= 4 is 17.3 Å². The summed E-state index contributed by atoms with van der Waals surface area (Å²) in [6.07, 6.45) is 2.17. The maximum absolute atomic E-state index is 12.4. The molecule has 1 amide bonds. The van der Waals surface area contributed by atoms with Crippen molar-refractivity contribution in [2.24, 2.45) is 0 Å². The van der Waals surface area contributed by atoms with Gasteiger partial charge in [0.15, 0.2) is 0 Å². The number of carbonyl (C=O) groups excluding carboxylic acids is 1. The first-order valence-corrected chi connectivity index (χ1v) is 6.98. The first-order valence-electron chi connectivity index (χ1n) is 6.98. The zero-order valence-corrected chi connectivity index (χ0v) is 12.3. The average molecular weight is 277 g/mol. The Hall–Kier alpha value is -1.75. The summed E-state index contributed by atoms with van der Waals surface area (Å²) in [6.45, 7) is 2.77. The number of amides is 1. The molecule has 1 aromatic rings. The second-order valence-corrected chi connectivity index (χ2v) is 5.48. The Morgan fingerprint density at radius 1 is 1.50 bits per heavy atom. The lowest BCUT2D eigenvalue weighted by molar-refractivity contribution is 0.0712. The van der Waals surface area contributed by atoms with Gasteiger partial charge in [-0.3, -0.25) is 4.79 Å². The van der Waals surface area contributed by atoms with Gasteiger partial charge >= 0.3 is 0 Å². The number of benzene rings is 1. The molecule has 1 fully saturated rings. The van der Waals surface area contributed by atoms with E-state index in [9.17, 15) is 4.79 Å². The zero-order chi connectivity index (χ0) is 14.7. The highest BCUT2D eigenvalue weighted by atomic mass is 16.5. The van der Waals surface area contributed by atoms with Crippen molar-refractivity contribution in [1.29, 1.82) is 0 Å². The minimum absolute atomic E-state index is 0.00134. The average Bonchev–Trinajstić information content (AvgIpc) is 2.92. The van der Waals surface area contributed by atoms with Crippen LogP contribution in [0.25, 0.3) is 0 Å². The number of rotatable bonds is 4. The van der Waals surface area contributed by atoms with Gasteiger partial charge in [0, 0.05) is 32.1 Å². The van der Waals surface area contributed by atoms with E-state index in [2.05, 4.69) is 5.32 Å². The van der Waals surface area contributed by atoms with Crippen molar-refractivity contribution < 1.29 is 9.53 Å².